The highest BCUT2D eigenvalue weighted by atomic mass is 16.4. The topological polar surface area (TPSA) is 84.2 Å². The Morgan fingerprint density at radius 1 is 1.25 bits per heavy atom. The van der Waals surface area contributed by atoms with Gasteiger partial charge in [-0.15, -0.1) is 0 Å². The van der Waals surface area contributed by atoms with Crippen LogP contribution in [0.3, 0.4) is 0 Å². The number of rotatable bonds is 4. The van der Waals surface area contributed by atoms with Crippen LogP contribution < -0.4 is 0 Å². The Balaban J connectivity index is 2.44. The molecule has 0 amide bonds. The minimum atomic E-state index is -1.68. The molecule has 1 saturated heterocycles. The molecule has 4 atom stereocenters. The van der Waals surface area contributed by atoms with Crippen LogP contribution in [0.5, 0.6) is 0 Å². The summed E-state index contributed by atoms with van der Waals surface area (Å²) < 4.78 is 0. The Morgan fingerprint density at radius 3 is 2.45 bits per heavy atom. The largest absolute Gasteiger partial charge is 0.395 e. The lowest BCUT2D eigenvalue weighted by Gasteiger charge is -2.51. The number of hydrogen-bond donors (Lipinski definition) is 4. The number of likely N-dealkylation sites (tertiary alicyclic amines) is 1. The van der Waals surface area contributed by atoms with Gasteiger partial charge in [-0.2, -0.15) is 0 Å². The summed E-state index contributed by atoms with van der Waals surface area (Å²) in [5, 5.41) is 41.1. The maximum atomic E-state index is 11.0. The molecule has 20 heavy (non-hydrogen) atoms. The standard InChI is InChI=1S/C15H23NO4/c1-2-8-16-9-12(18)14(19)15(20,13(16)10-17)11-6-4-3-5-7-11/h3-7,12-14,17-20H,2,8-10H2,1H3/t12-,13-,14+,15+/m0/s1. The zero-order valence-electron chi connectivity index (χ0n) is 11.7. The van der Waals surface area contributed by atoms with Gasteiger partial charge in [-0.25, -0.2) is 0 Å². The van der Waals surface area contributed by atoms with E-state index in [2.05, 4.69) is 0 Å². The molecule has 0 bridgehead atoms. The van der Waals surface area contributed by atoms with Crippen LogP contribution in [0.2, 0.25) is 0 Å². The van der Waals surface area contributed by atoms with Crippen LogP contribution in [0, 0.1) is 0 Å². The first-order valence-corrected chi connectivity index (χ1v) is 7.04. The minimum absolute atomic E-state index is 0.245. The molecule has 0 radical (unpaired) electrons. The molecule has 112 valence electrons. The van der Waals surface area contributed by atoms with Crippen LogP contribution in [0.25, 0.3) is 0 Å². The van der Waals surface area contributed by atoms with Crippen LogP contribution in [0.1, 0.15) is 18.9 Å². The molecule has 0 saturated carbocycles. The van der Waals surface area contributed by atoms with E-state index in [1.54, 1.807) is 24.3 Å². The highest BCUT2D eigenvalue weighted by Gasteiger charge is 2.53. The van der Waals surface area contributed by atoms with E-state index in [1.165, 1.54) is 0 Å². The molecule has 1 aromatic rings. The number of β-amino-alcohol motifs (C(OH)–C–C–N with tert-alkyl or cyclic N) is 1. The summed E-state index contributed by atoms with van der Waals surface area (Å²) in [4.78, 5) is 1.84. The fourth-order valence-electron chi connectivity index (χ4n) is 3.09. The van der Waals surface area contributed by atoms with E-state index >= 15 is 0 Å². The second-order valence-electron chi connectivity index (χ2n) is 5.40. The lowest BCUT2D eigenvalue weighted by molar-refractivity contribution is -0.212. The van der Waals surface area contributed by atoms with Gasteiger partial charge in [0, 0.05) is 6.54 Å². The fourth-order valence-corrected chi connectivity index (χ4v) is 3.09. The molecule has 0 aromatic heterocycles. The van der Waals surface area contributed by atoms with Gasteiger partial charge < -0.3 is 20.4 Å². The predicted octanol–water partition coefficient (Wildman–Crippen LogP) is -0.318. The van der Waals surface area contributed by atoms with Crippen LogP contribution >= 0.6 is 0 Å². The van der Waals surface area contributed by atoms with Gasteiger partial charge in [0.15, 0.2) is 0 Å². The van der Waals surface area contributed by atoms with Crippen molar-refractivity contribution in [1.82, 2.24) is 4.90 Å². The number of nitrogens with zero attached hydrogens (tertiary/aromatic N) is 1. The van der Waals surface area contributed by atoms with Crippen molar-refractivity contribution < 1.29 is 20.4 Å². The van der Waals surface area contributed by atoms with E-state index in [1.807, 2.05) is 17.9 Å². The van der Waals surface area contributed by atoms with Crippen LogP contribution in [-0.2, 0) is 5.60 Å². The van der Waals surface area contributed by atoms with E-state index < -0.39 is 23.9 Å². The molecule has 0 aliphatic carbocycles. The first-order valence-electron chi connectivity index (χ1n) is 7.04. The van der Waals surface area contributed by atoms with E-state index in [0.717, 1.165) is 6.42 Å². The second-order valence-corrected chi connectivity index (χ2v) is 5.40. The number of aliphatic hydroxyl groups is 4. The lowest BCUT2D eigenvalue weighted by Crippen LogP contribution is -2.68. The maximum Gasteiger partial charge on any atom is 0.136 e. The highest BCUT2D eigenvalue weighted by Crippen LogP contribution is 2.37. The van der Waals surface area contributed by atoms with Gasteiger partial charge in [0.05, 0.1) is 18.8 Å². The van der Waals surface area contributed by atoms with Crippen molar-refractivity contribution in [2.24, 2.45) is 0 Å². The smallest absolute Gasteiger partial charge is 0.136 e. The molecule has 1 aliphatic rings. The average molecular weight is 281 g/mol. The molecule has 5 heteroatoms. The van der Waals surface area contributed by atoms with Crippen LogP contribution in [0.15, 0.2) is 30.3 Å². The van der Waals surface area contributed by atoms with Gasteiger partial charge in [0.1, 0.15) is 11.7 Å². The summed E-state index contributed by atoms with van der Waals surface area (Å²) in [6.45, 7) is 2.60. The third kappa shape index (κ3) is 2.47. The number of piperidine rings is 1. The zero-order chi connectivity index (χ0) is 14.8. The predicted molar refractivity (Wildman–Crippen MR) is 75.1 cm³/mol. The maximum absolute atomic E-state index is 11.0. The third-order valence-electron chi connectivity index (χ3n) is 4.11. The van der Waals surface area contributed by atoms with Gasteiger partial charge in [0.2, 0.25) is 0 Å². The van der Waals surface area contributed by atoms with E-state index in [0.29, 0.717) is 12.1 Å². The highest BCUT2D eigenvalue weighted by molar-refractivity contribution is 5.28. The normalized spacial score (nSPS) is 35.1. The van der Waals surface area contributed by atoms with Gasteiger partial charge in [0.25, 0.3) is 0 Å². The van der Waals surface area contributed by atoms with Crippen molar-refractivity contribution in [3.63, 3.8) is 0 Å². The molecular weight excluding hydrogens is 258 g/mol. The molecular formula is C15H23NO4. The quantitative estimate of drug-likeness (QED) is 0.608. The van der Waals surface area contributed by atoms with E-state index in [4.69, 9.17) is 0 Å². The van der Waals surface area contributed by atoms with Crippen molar-refractivity contribution in [3.05, 3.63) is 35.9 Å². The Labute approximate surface area is 119 Å². The molecule has 1 aromatic carbocycles. The molecule has 0 unspecified atom stereocenters. The van der Waals surface area contributed by atoms with E-state index in [9.17, 15) is 20.4 Å². The van der Waals surface area contributed by atoms with Crippen molar-refractivity contribution >= 4 is 0 Å². The van der Waals surface area contributed by atoms with Gasteiger partial charge >= 0.3 is 0 Å². The van der Waals surface area contributed by atoms with Crippen molar-refractivity contribution in [2.45, 2.75) is 37.2 Å². The molecule has 0 spiro atoms. The zero-order valence-corrected chi connectivity index (χ0v) is 11.7. The molecule has 5 nitrogen and oxygen atoms in total. The van der Waals surface area contributed by atoms with Gasteiger partial charge in [-0.1, -0.05) is 37.3 Å². The number of benzene rings is 1. The molecule has 1 aliphatic heterocycles. The van der Waals surface area contributed by atoms with Gasteiger partial charge in [-0.3, -0.25) is 4.90 Å². The molecule has 1 heterocycles. The SMILES string of the molecule is CCCN1C[C@H](O)[C@@H](O)[C@@](O)(c2ccccc2)[C@@H]1CO. The molecule has 2 rings (SSSR count). The minimum Gasteiger partial charge on any atom is -0.395 e. The summed E-state index contributed by atoms with van der Waals surface area (Å²) in [5.41, 5.74) is -1.17. The summed E-state index contributed by atoms with van der Waals surface area (Å²) in [6, 6.07) is 8.11. The summed E-state index contributed by atoms with van der Waals surface area (Å²) >= 11 is 0. The molecule has 4 N–H and O–H groups in total. The van der Waals surface area contributed by atoms with E-state index in [-0.39, 0.29) is 13.2 Å². The summed E-state index contributed by atoms with van der Waals surface area (Å²) in [5.74, 6) is 0. The Hall–Kier alpha value is -0.980. The Bertz CT molecular complexity index is 427. The Morgan fingerprint density at radius 2 is 1.90 bits per heavy atom. The summed E-state index contributed by atoms with van der Waals surface area (Å²) in [7, 11) is 0. The monoisotopic (exact) mass is 281 g/mol. The van der Waals surface area contributed by atoms with Crippen LogP contribution in [0.4, 0.5) is 0 Å². The first kappa shape index (κ1) is 15.4. The molecule has 1 fully saturated rings. The first-order chi connectivity index (χ1) is 9.55. The van der Waals surface area contributed by atoms with Crippen LogP contribution in [-0.4, -0.2) is 63.3 Å². The van der Waals surface area contributed by atoms with Crippen molar-refractivity contribution in [3.8, 4) is 0 Å². The number of aliphatic hydroxyl groups excluding tert-OH is 3. The number of hydrogen-bond acceptors (Lipinski definition) is 5. The average Bonchev–Trinajstić information content (AvgIpc) is 2.46. The second kappa shape index (κ2) is 6.20. The lowest BCUT2D eigenvalue weighted by atomic mass is 9.75. The van der Waals surface area contributed by atoms with Crippen molar-refractivity contribution in [2.75, 3.05) is 19.7 Å². The third-order valence-corrected chi connectivity index (χ3v) is 4.11. The fraction of sp³-hybridized carbons (Fsp3) is 0.600. The Kier molecular flexibility index (Phi) is 4.78. The van der Waals surface area contributed by atoms with Crippen molar-refractivity contribution in [1.29, 1.82) is 0 Å². The summed E-state index contributed by atoms with van der Waals surface area (Å²) in [6.07, 6.45) is -1.53. The van der Waals surface area contributed by atoms with Gasteiger partial charge in [-0.05, 0) is 18.5 Å².